The van der Waals surface area contributed by atoms with Gasteiger partial charge in [0.2, 0.25) is 0 Å². The molecule has 0 saturated carbocycles. The van der Waals surface area contributed by atoms with Crippen molar-refractivity contribution >= 4 is 27.3 Å². The Kier molecular flexibility index (Phi) is 3.47. The summed E-state index contributed by atoms with van der Waals surface area (Å²) in [6, 6.07) is 2.00. The summed E-state index contributed by atoms with van der Waals surface area (Å²) in [5.41, 5.74) is 8.60. The van der Waals surface area contributed by atoms with Gasteiger partial charge in [-0.25, -0.2) is 0 Å². The van der Waals surface area contributed by atoms with Crippen molar-refractivity contribution in [3.63, 3.8) is 0 Å². The lowest BCUT2D eigenvalue weighted by molar-refractivity contribution is 0.601. The molecule has 0 amide bonds. The summed E-state index contributed by atoms with van der Waals surface area (Å²) in [5.74, 6) is 0. The van der Waals surface area contributed by atoms with Crippen LogP contribution in [0.3, 0.4) is 0 Å². The lowest BCUT2D eigenvalue weighted by atomic mass is 10.1. The number of aryl methyl sites for hydroxylation is 2. The number of hydrogen-bond acceptors (Lipinski definition) is 3. The van der Waals surface area contributed by atoms with Crippen molar-refractivity contribution in [2.45, 2.75) is 26.4 Å². The molecule has 1 unspecified atom stereocenters. The summed E-state index contributed by atoms with van der Waals surface area (Å²) in [5, 5.41) is 6.36. The number of nitrogens with zero attached hydrogens (tertiary/aromatic N) is 2. The molecule has 2 aromatic rings. The molecular weight excluding hydrogens is 286 g/mol. The molecule has 0 fully saturated rings. The van der Waals surface area contributed by atoms with Crippen molar-refractivity contribution in [3.8, 4) is 0 Å². The van der Waals surface area contributed by atoms with Crippen molar-refractivity contribution in [2.24, 2.45) is 5.73 Å². The molecule has 0 saturated heterocycles. The predicted octanol–water partition coefficient (Wildman–Crippen LogP) is 3.08. The second-order valence-corrected chi connectivity index (χ2v) is 5.44. The highest BCUT2D eigenvalue weighted by molar-refractivity contribution is 9.10. The van der Waals surface area contributed by atoms with Gasteiger partial charge in [0.1, 0.15) is 0 Å². The minimum absolute atomic E-state index is 0.100. The second kappa shape index (κ2) is 4.69. The van der Waals surface area contributed by atoms with Crippen LogP contribution < -0.4 is 5.73 Å². The van der Waals surface area contributed by atoms with Crippen LogP contribution in [0.1, 0.15) is 29.1 Å². The van der Waals surface area contributed by atoms with Crippen LogP contribution >= 0.6 is 27.3 Å². The van der Waals surface area contributed by atoms with Crippen molar-refractivity contribution in [1.82, 2.24) is 9.78 Å². The quantitative estimate of drug-likeness (QED) is 0.946. The van der Waals surface area contributed by atoms with Gasteiger partial charge in [-0.05, 0) is 46.8 Å². The molecule has 2 heterocycles. The van der Waals surface area contributed by atoms with Gasteiger partial charge >= 0.3 is 0 Å². The highest BCUT2D eigenvalue weighted by Gasteiger charge is 2.19. The van der Waals surface area contributed by atoms with E-state index in [-0.39, 0.29) is 6.04 Å². The molecule has 0 radical (unpaired) electrons. The van der Waals surface area contributed by atoms with Gasteiger partial charge in [-0.15, -0.1) is 11.3 Å². The molecule has 5 heteroatoms. The molecule has 2 aromatic heterocycles. The highest BCUT2D eigenvalue weighted by Crippen LogP contribution is 2.31. The normalized spacial score (nSPS) is 13.0. The first-order valence-corrected chi connectivity index (χ1v) is 6.83. The van der Waals surface area contributed by atoms with E-state index in [1.54, 1.807) is 11.3 Å². The van der Waals surface area contributed by atoms with Crippen molar-refractivity contribution in [1.29, 1.82) is 0 Å². The maximum absolute atomic E-state index is 6.30. The van der Waals surface area contributed by atoms with Crippen LogP contribution in [0.2, 0.25) is 0 Å². The van der Waals surface area contributed by atoms with Crippen LogP contribution in [0.5, 0.6) is 0 Å². The molecule has 0 spiro atoms. The fraction of sp³-hybridized carbons (Fsp3) is 0.364. The Morgan fingerprint density at radius 3 is 2.94 bits per heavy atom. The van der Waals surface area contributed by atoms with E-state index in [1.807, 2.05) is 10.9 Å². The highest BCUT2D eigenvalue weighted by atomic mass is 79.9. The van der Waals surface area contributed by atoms with E-state index in [9.17, 15) is 0 Å². The molecule has 2 rings (SSSR count). The van der Waals surface area contributed by atoms with Gasteiger partial charge in [0, 0.05) is 11.4 Å². The first kappa shape index (κ1) is 11.8. The van der Waals surface area contributed by atoms with Crippen LogP contribution in [0.25, 0.3) is 0 Å². The van der Waals surface area contributed by atoms with E-state index < -0.39 is 0 Å². The van der Waals surface area contributed by atoms with Gasteiger partial charge < -0.3 is 5.73 Å². The minimum atomic E-state index is -0.100. The predicted molar refractivity (Wildman–Crippen MR) is 70.7 cm³/mol. The average molecular weight is 300 g/mol. The lowest BCUT2D eigenvalue weighted by Crippen LogP contribution is -2.17. The van der Waals surface area contributed by atoms with Gasteiger partial charge in [0.15, 0.2) is 0 Å². The number of hydrogen-bond donors (Lipinski definition) is 1. The van der Waals surface area contributed by atoms with Crippen LogP contribution in [-0.2, 0) is 6.54 Å². The van der Waals surface area contributed by atoms with Gasteiger partial charge in [0.25, 0.3) is 0 Å². The third-order valence-corrected chi connectivity index (χ3v) is 4.32. The lowest BCUT2D eigenvalue weighted by Gasteiger charge is -2.13. The molecular formula is C11H14BrN3S. The average Bonchev–Trinajstić information content (AvgIpc) is 2.83. The summed E-state index contributed by atoms with van der Waals surface area (Å²) in [4.78, 5) is 1.20. The Morgan fingerprint density at radius 1 is 1.62 bits per heavy atom. The van der Waals surface area contributed by atoms with E-state index in [2.05, 4.69) is 46.3 Å². The Morgan fingerprint density at radius 2 is 2.38 bits per heavy atom. The van der Waals surface area contributed by atoms with E-state index in [0.29, 0.717) is 0 Å². The van der Waals surface area contributed by atoms with Gasteiger partial charge in [-0.1, -0.05) is 0 Å². The van der Waals surface area contributed by atoms with Crippen LogP contribution in [0.4, 0.5) is 0 Å². The first-order valence-electron chi connectivity index (χ1n) is 5.16. The van der Waals surface area contributed by atoms with Gasteiger partial charge in [0.05, 0.1) is 22.4 Å². The smallest absolute Gasteiger partial charge is 0.0831 e. The minimum Gasteiger partial charge on any atom is -0.318 e. The maximum Gasteiger partial charge on any atom is 0.0831 e. The topological polar surface area (TPSA) is 43.8 Å². The zero-order valence-electron chi connectivity index (χ0n) is 9.27. The summed E-state index contributed by atoms with van der Waals surface area (Å²) < 4.78 is 2.92. The largest absolute Gasteiger partial charge is 0.318 e. The molecule has 0 bridgehead atoms. The van der Waals surface area contributed by atoms with Crippen LogP contribution in [0.15, 0.2) is 22.1 Å². The number of rotatable bonds is 3. The zero-order valence-corrected chi connectivity index (χ0v) is 11.7. The summed E-state index contributed by atoms with van der Waals surface area (Å²) in [7, 11) is 0. The Labute approximate surface area is 107 Å². The van der Waals surface area contributed by atoms with E-state index in [0.717, 1.165) is 16.7 Å². The molecule has 1 atom stereocenters. The second-order valence-electron chi connectivity index (χ2n) is 3.64. The molecule has 2 N–H and O–H groups in total. The number of aromatic nitrogens is 2. The number of nitrogens with two attached hydrogens (primary N) is 1. The van der Waals surface area contributed by atoms with Gasteiger partial charge in [-0.3, -0.25) is 4.68 Å². The van der Waals surface area contributed by atoms with E-state index in [1.165, 1.54) is 10.4 Å². The molecule has 16 heavy (non-hydrogen) atoms. The molecule has 0 aliphatic carbocycles. The third kappa shape index (κ3) is 1.95. The van der Waals surface area contributed by atoms with Crippen LogP contribution in [0, 0.1) is 6.92 Å². The molecule has 0 aromatic carbocycles. The molecule has 0 aliphatic rings. The Hall–Kier alpha value is -0.650. The first-order chi connectivity index (χ1) is 7.65. The zero-order chi connectivity index (χ0) is 11.7. The Bertz CT molecular complexity index is 489. The van der Waals surface area contributed by atoms with Gasteiger partial charge in [-0.2, -0.15) is 5.10 Å². The van der Waals surface area contributed by atoms with Crippen molar-refractivity contribution < 1.29 is 0 Å². The Balaban J connectivity index is 2.44. The monoisotopic (exact) mass is 299 g/mol. The van der Waals surface area contributed by atoms with E-state index in [4.69, 9.17) is 5.73 Å². The summed E-state index contributed by atoms with van der Waals surface area (Å²) in [6.45, 7) is 4.99. The van der Waals surface area contributed by atoms with Crippen LogP contribution in [-0.4, -0.2) is 9.78 Å². The fourth-order valence-corrected chi connectivity index (χ4v) is 3.23. The standard InChI is InChI=1S/C11H14BrN3S/c1-3-15-10(8(12)6-14-15)9(13)11-7(2)4-5-16-11/h4-6,9H,3,13H2,1-2H3. The third-order valence-electron chi connectivity index (χ3n) is 2.61. The van der Waals surface area contributed by atoms with E-state index >= 15 is 0 Å². The number of halogens is 1. The van der Waals surface area contributed by atoms with Crippen molar-refractivity contribution in [3.05, 3.63) is 38.3 Å². The fourth-order valence-electron chi connectivity index (χ4n) is 1.76. The summed E-state index contributed by atoms with van der Waals surface area (Å²) in [6.07, 6.45) is 1.81. The number of thiophene rings is 1. The maximum atomic E-state index is 6.30. The molecule has 3 nitrogen and oxygen atoms in total. The van der Waals surface area contributed by atoms with Crippen molar-refractivity contribution in [2.75, 3.05) is 0 Å². The summed E-state index contributed by atoms with van der Waals surface area (Å²) >= 11 is 5.21. The molecule has 86 valence electrons. The molecule has 0 aliphatic heterocycles. The SMILES string of the molecule is CCn1ncc(Br)c1C(N)c1sccc1C.